The number of hydrogen-bond donors (Lipinski definition) is 0. The summed E-state index contributed by atoms with van der Waals surface area (Å²) in [6.07, 6.45) is 5.07. The standard InChI is InChI=1S/C6H13.ClH.Zn/c1-3-5-6-4-2;;/h1,3-6H2,2H3;1H;/q-1;;+2/p-1. The van der Waals surface area contributed by atoms with E-state index in [0.717, 1.165) is 23.7 Å². The normalized spacial score (nSPS) is 7.62. The van der Waals surface area contributed by atoms with Crippen LogP contribution in [0.25, 0.3) is 0 Å². The van der Waals surface area contributed by atoms with Gasteiger partial charge in [0.25, 0.3) is 0 Å². The summed E-state index contributed by atoms with van der Waals surface area (Å²) >= 11 is 0.847. The molecule has 0 spiro atoms. The van der Waals surface area contributed by atoms with Crippen molar-refractivity contribution < 1.29 is 17.3 Å². The zero-order valence-corrected chi connectivity index (χ0v) is 9.34. The van der Waals surface area contributed by atoms with E-state index in [-0.39, 0.29) is 0 Å². The van der Waals surface area contributed by atoms with Gasteiger partial charge in [-0.15, -0.1) is 0 Å². The Hall–Kier alpha value is 0.913. The Balaban J connectivity index is 0. The van der Waals surface area contributed by atoms with Gasteiger partial charge in [0, 0.05) is 0 Å². The van der Waals surface area contributed by atoms with Crippen molar-refractivity contribution in [3.8, 4) is 0 Å². The maximum absolute atomic E-state index is 4.76. The SMILES string of the molecule is [CH2-]CCCCC.[Cl][Zn+]. The monoisotopic (exact) mass is 184 g/mol. The molecule has 0 aromatic carbocycles. The van der Waals surface area contributed by atoms with Crippen molar-refractivity contribution in [2.45, 2.75) is 32.6 Å². The summed E-state index contributed by atoms with van der Waals surface area (Å²) < 4.78 is 0. The van der Waals surface area contributed by atoms with Crippen LogP contribution in [0, 0.1) is 6.92 Å². The molecule has 0 aromatic rings. The Morgan fingerprint density at radius 3 is 2.00 bits per heavy atom. The molecule has 0 amide bonds. The summed E-state index contributed by atoms with van der Waals surface area (Å²) in [7, 11) is 4.76. The maximum atomic E-state index is 4.76. The van der Waals surface area contributed by atoms with Crippen LogP contribution in [-0.4, -0.2) is 0 Å². The van der Waals surface area contributed by atoms with Crippen LogP contribution in [0.2, 0.25) is 0 Å². The van der Waals surface area contributed by atoms with Crippen LogP contribution in [0.15, 0.2) is 0 Å². The van der Waals surface area contributed by atoms with Crippen molar-refractivity contribution in [1.82, 2.24) is 0 Å². The molecule has 0 unspecified atom stereocenters. The number of unbranched alkanes of at least 4 members (excludes halogenated alkanes) is 3. The molecule has 0 heterocycles. The first-order chi connectivity index (χ1) is 3.91. The van der Waals surface area contributed by atoms with E-state index >= 15 is 0 Å². The minimum atomic E-state index is 0.847. The van der Waals surface area contributed by atoms with Crippen molar-refractivity contribution in [1.29, 1.82) is 0 Å². The van der Waals surface area contributed by atoms with Gasteiger partial charge in [0.1, 0.15) is 0 Å². The second kappa shape index (κ2) is 15.7. The van der Waals surface area contributed by atoms with E-state index in [1.54, 1.807) is 0 Å². The van der Waals surface area contributed by atoms with E-state index < -0.39 is 0 Å². The third-order valence-corrected chi connectivity index (χ3v) is 0.854. The summed E-state index contributed by atoms with van der Waals surface area (Å²) in [5.41, 5.74) is 0. The van der Waals surface area contributed by atoms with Gasteiger partial charge in [0.05, 0.1) is 0 Å². The molecule has 2 heteroatoms. The van der Waals surface area contributed by atoms with Gasteiger partial charge in [0.2, 0.25) is 0 Å². The van der Waals surface area contributed by atoms with Gasteiger partial charge >= 0.3 is 27.0 Å². The van der Waals surface area contributed by atoms with Gasteiger partial charge in [-0.2, -0.15) is 6.42 Å². The van der Waals surface area contributed by atoms with E-state index in [9.17, 15) is 0 Å². The zero-order valence-electron chi connectivity index (χ0n) is 5.62. The number of halogens is 1. The van der Waals surface area contributed by atoms with Crippen LogP contribution in [0.5, 0.6) is 0 Å². The van der Waals surface area contributed by atoms with Crippen LogP contribution in [0.3, 0.4) is 0 Å². The zero-order chi connectivity index (χ0) is 6.83. The molecule has 0 aliphatic rings. The summed E-state index contributed by atoms with van der Waals surface area (Å²) in [6.45, 7) is 5.93. The summed E-state index contributed by atoms with van der Waals surface area (Å²) in [5.74, 6) is 0. The fourth-order valence-electron chi connectivity index (χ4n) is 0.427. The Morgan fingerprint density at radius 2 is 1.88 bits per heavy atom. The molecule has 0 saturated carbocycles. The van der Waals surface area contributed by atoms with Crippen LogP contribution in [-0.2, 0) is 17.3 Å². The molecule has 0 atom stereocenters. The molecule has 0 aromatic heterocycles. The molecule has 46 valence electrons. The van der Waals surface area contributed by atoms with E-state index in [1.807, 2.05) is 0 Å². The van der Waals surface area contributed by atoms with Crippen molar-refractivity contribution >= 4 is 9.69 Å². The van der Waals surface area contributed by atoms with Crippen molar-refractivity contribution in [2.24, 2.45) is 0 Å². The molecular formula is C6H13ClZn. The Morgan fingerprint density at radius 1 is 1.38 bits per heavy atom. The Labute approximate surface area is 66.7 Å². The Kier molecular flexibility index (Phi) is 22.9. The molecule has 0 N–H and O–H groups in total. The molecule has 0 bridgehead atoms. The quantitative estimate of drug-likeness (QED) is 0.361. The van der Waals surface area contributed by atoms with E-state index in [1.165, 1.54) is 19.3 Å². The molecule has 8 heavy (non-hydrogen) atoms. The first kappa shape index (κ1) is 11.7. The van der Waals surface area contributed by atoms with E-state index in [2.05, 4.69) is 13.8 Å². The summed E-state index contributed by atoms with van der Waals surface area (Å²) in [4.78, 5) is 0. The van der Waals surface area contributed by atoms with Gasteiger partial charge in [0.15, 0.2) is 0 Å². The summed E-state index contributed by atoms with van der Waals surface area (Å²) in [6, 6.07) is 0. The third-order valence-electron chi connectivity index (χ3n) is 0.854. The van der Waals surface area contributed by atoms with Crippen molar-refractivity contribution in [3.63, 3.8) is 0 Å². The summed E-state index contributed by atoms with van der Waals surface area (Å²) in [5, 5.41) is 0. The van der Waals surface area contributed by atoms with E-state index in [0.29, 0.717) is 0 Å². The van der Waals surface area contributed by atoms with E-state index in [4.69, 9.17) is 9.69 Å². The number of hydrogen-bond acceptors (Lipinski definition) is 0. The molecule has 0 saturated heterocycles. The molecule has 0 aliphatic carbocycles. The average molecular weight is 186 g/mol. The van der Waals surface area contributed by atoms with Crippen LogP contribution in [0.4, 0.5) is 0 Å². The van der Waals surface area contributed by atoms with Crippen LogP contribution >= 0.6 is 9.69 Å². The van der Waals surface area contributed by atoms with Crippen molar-refractivity contribution in [3.05, 3.63) is 6.92 Å². The first-order valence-corrected chi connectivity index (χ1v) is 6.87. The molecule has 0 radical (unpaired) electrons. The molecule has 0 aliphatic heterocycles. The topological polar surface area (TPSA) is 0 Å². The fraction of sp³-hybridized carbons (Fsp3) is 0.833. The van der Waals surface area contributed by atoms with Crippen LogP contribution < -0.4 is 0 Å². The second-order valence-electron chi connectivity index (χ2n) is 1.56. The minimum absolute atomic E-state index is 0.847. The first-order valence-electron chi connectivity index (χ1n) is 2.97. The predicted octanol–water partition coefficient (Wildman–Crippen LogP) is 3.09. The van der Waals surface area contributed by atoms with Gasteiger partial charge in [-0.3, -0.25) is 0 Å². The van der Waals surface area contributed by atoms with Crippen LogP contribution in [0.1, 0.15) is 32.6 Å². The molecular weight excluding hydrogens is 173 g/mol. The van der Waals surface area contributed by atoms with Crippen molar-refractivity contribution in [2.75, 3.05) is 0 Å². The number of rotatable bonds is 3. The predicted molar refractivity (Wildman–Crippen MR) is 35.4 cm³/mol. The van der Waals surface area contributed by atoms with Gasteiger partial charge < -0.3 is 6.92 Å². The molecule has 0 nitrogen and oxygen atoms in total. The fourth-order valence-corrected chi connectivity index (χ4v) is 0.427. The van der Waals surface area contributed by atoms with Gasteiger partial charge in [-0.1, -0.05) is 26.2 Å². The van der Waals surface area contributed by atoms with Gasteiger partial charge in [-0.05, 0) is 0 Å². The average Bonchev–Trinajstić information content (AvgIpc) is 1.88. The third kappa shape index (κ3) is 15.8. The second-order valence-corrected chi connectivity index (χ2v) is 1.56. The van der Waals surface area contributed by atoms with Gasteiger partial charge in [-0.25, -0.2) is 0 Å². The molecule has 0 rings (SSSR count). The molecule has 0 fully saturated rings. The Bertz CT molecular complexity index is 20.5.